The molecule has 0 aliphatic heterocycles. The van der Waals surface area contributed by atoms with Crippen molar-refractivity contribution in [1.29, 1.82) is 0 Å². The molecule has 1 aromatic carbocycles. The molecule has 0 saturated heterocycles. The maximum atomic E-state index is 11.7. The maximum Gasteiger partial charge on any atom is 0.251 e. The monoisotopic (exact) mass is 231 g/mol. The molecule has 0 saturated carbocycles. The summed E-state index contributed by atoms with van der Waals surface area (Å²) in [7, 11) is 0. The van der Waals surface area contributed by atoms with Gasteiger partial charge in [-0.15, -0.1) is 0 Å². The smallest absolute Gasteiger partial charge is 0.251 e. The van der Waals surface area contributed by atoms with Gasteiger partial charge in [0.05, 0.1) is 0 Å². The number of rotatable bonds is 7. The Bertz CT molecular complexity index is 357. The van der Waals surface area contributed by atoms with Gasteiger partial charge >= 0.3 is 0 Å². The van der Waals surface area contributed by atoms with Gasteiger partial charge in [0.1, 0.15) is 0 Å². The molecule has 17 heavy (non-hydrogen) atoms. The molecule has 1 N–H and O–H groups in total. The summed E-state index contributed by atoms with van der Waals surface area (Å²) in [6, 6.07) is 6.44. The van der Waals surface area contributed by atoms with E-state index >= 15 is 0 Å². The normalized spacial score (nSPS) is 9.94. The first-order valence-corrected chi connectivity index (χ1v) is 5.83. The van der Waals surface area contributed by atoms with Gasteiger partial charge in [0.15, 0.2) is 0 Å². The first-order chi connectivity index (χ1) is 8.27. The minimum Gasteiger partial charge on any atom is -0.352 e. The summed E-state index contributed by atoms with van der Waals surface area (Å²) in [6.45, 7) is 4.44. The fourth-order valence-corrected chi connectivity index (χ4v) is 1.47. The quantitative estimate of drug-likeness (QED) is 0.732. The highest BCUT2D eigenvalue weighted by Crippen LogP contribution is 2.03. The molecular weight excluding hydrogens is 214 g/mol. The van der Waals surface area contributed by atoms with Gasteiger partial charge in [0, 0.05) is 17.7 Å². The fraction of sp³-hybridized carbons (Fsp3) is 0.357. The van der Waals surface area contributed by atoms with Crippen molar-refractivity contribution in [2.24, 2.45) is 0 Å². The van der Waals surface area contributed by atoms with Crippen LogP contribution >= 0.6 is 0 Å². The van der Waals surface area contributed by atoms with Crippen molar-refractivity contribution >= 4 is 12.2 Å². The third-order valence-electron chi connectivity index (χ3n) is 2.48. The van der Waals surface area contributed by atoms with Gasteiger partial charge in [-0.25, -0.2) is 0 Å². The molecule has 0 aliphatic rings. The highest BCUT2D eigenvalue weighted by atomic mass is 16.1. The van der Waals surface area contributed by atoms with Crippen molar-refractivity contribution in [2.75, 3.05) is 6.54 Å². The number of amides is 1. The summed E-state index contributed by atoms with van der Waals surface area (Å²) in [5, 5.41) is 2.84. The molecule has 0 bridgehead atoms. The second-order valence-electron chi connectivity index (χ2n) is 3.85. The van der Waals surface area contributed by atoms with Gasteiger partial charge in [0.25, 0.3) is 5.91 Å². The van der Waals surface area contributed by atoms with Gasteiger partial charge in [-0.2, -0.15) is 0 Å². The number of carbonyl (C=O) groups is 1. The van der Waals surface area contributed by atoms with E-state index in [1.54, 1.807) is 30.6 Å². The largest absolute Gasteiger partial charge is 0.352 e. The van der Waals surface area contributed by atoms with E-state index in [0.717, 1.165) is 25.7 Å². The van der Waals surface area contributed by atoms with Crippen LogP contribution in [0.1, 0.15) is 41.6 Å². The van der Waals surface area contributed by atoms with E-state index in [1.807, 2.05) is 0 Å². The Labute approximate surface area is 102 Å². The van der Waals surface area contributed by atoms with Crippen molar-refractivity contribution in [3.8, 4) is 0 Å². The molecule has 3 nitrogen and oxygen atoms in total. The Balaban J connectivity index is 2.33. The van der Waals surface area contributed by atoms with Gasteiger partial charge in [-0.3, -0.25) is 9.59 Å². The number of nitrogens with one attached hydrogen (secondary N) is 1. The third-order valence-corrected chi connectivity index (χ3v) is 2.48. The van der Waals surface area contributed by atoms with Gasteiger partial charge in [0.2, 0.25) is 6.29 Å². The minimum absolute atomic E-state index is 0.0999. The molecule has 90 valence electrons. The molecule has 0 atom stereocenters. The third kappa shape index (κ3) is 4.81. The lowest BCUT2D eigenvalue weighted by atomic mass is 10.1. The van der Waals surface area contributed by atoms with Crippen LogP contribution in [0.2, 0.25) is 0 Å². The molecule has 0 aromatic heterocycles. The van der Waals surface area contributed by atoms with Crippen molar-refractivity contribution in [3.63, 3.8) is 0 Å². The fourth-order valence-electron chi connectivity index (χ4n) is 1.47. The zero-order valence-electron chi connectivity index (χ0n) is 9.87. The molecule has 0 aliphatic carbocycles. The van der Waals surface area contributed by atoms with E-state index in [2.05, 4.69) is 12.2 Å². The van der Waals surface area contributed by atoms with E-state index in [4.69, 9.17) is 0 Å². The molecule has 1 amide bonds. The summed E-state index contributed by atoms with van der Waals surface area (Å²) in [6.07, 6.45) is 5.87. The highest BCUT2D eigenvalue weighted by molar-refractivity contribution is 5.94. The number of hydrogen-bond acceptors (Lipinski definition) is 2. The predicted molar refractivity (Wildman–Crippen MR) is 67.4 cm³/mol. The molecule has 0 heterocycles. The Kier molecular flexibility index (Phi) is 6.00. The van der Waals surface area contributed by atoms with Crippen molar-refractivity contribution in [3.05, 3.63) is 42.3 Å². The van der Waals surface area contributed by atoms with Crippen LogP contribution in [0, 0.1) is 6.92 Å². The zero-order valence-corrected chi connectivity index (χ0v) is 9.87. The molecular formula is C14H17NO2. The molecule has 1 aromatic rings. The van der Waals surface area contributed by atoms with Gasteiger partial charge in [-0.1, -0.05) is 38.3 Å². The molecule has 3 heteroatoms. The summed E-state index contributed by atoms with van der Waals surface area (Å²) in [5.41, 5.74) is 1.03. The number of carbonyl (C=O) groups excluding carboxylic acids is 2. The second-order valence-corrected chi connectivity index (χ2v) is 3.85. The lowest BCUT2D eigenvalue weighted by Crippen LogP contribution is -2.24. The second kappa shape index (κ2) is 7.60. The standard InChI is InChI=1S/C14H17NO2/c1-2-3-4-5-10-15-14(17)13-8-6-12(11-16)7-9-13/h6-9H,1-5,10H2,(H,15,17). The summed E-state index contributed by atoms with van der Waals surface area (Å²) in [4.78, 5) is 22.0. The van der Waals surface area contributed by atoms with Crippen LogP contribution in [0.15, 0.2) is 24.3 Å². The van der Waals surface area contributed by atoms with Crippen LogP contribution < -0.4 is 5.32 Å². The van der Waals surface area contributed by atoms with Crippen molar-refractivity contribution in [1.82, 2.24) is 5.32 Å². The lowest BCUT2D eigenvalue weighted by Gasteiger charge is -2.04. The van der Waals surface area contributed by atoms with E-state index < -0.39 is 0 Å². The van der Waals surface area contributed by atoms with E-state index in [-0.39, 0.29) is 5.91 Å². The number of benzene rings is 1. The van der Waals surface area contributed by atoms with Crippen LogP contribution in [-0.4, -0.2) is 18.7 Å². The van der Waals surface area contributed by atoms with Crippen LogP contribution in [-0.2, 0) is 4.79 Å². The van der Waals surface area contributed by atoms with E-state index in [0.29, 0.717) is 17.7 Å². The van der Waals surface area contributed by atoms with E-state index in [9.17, 15) is 9.59 Å². The molecule has 2 radical (unpaired) electrons. The maximum absolute atomic E-state index is 11.7. The topological polar surface area (TPSA) is 46.2 Å². The minimum atomic E-state index is -0.0999. The van der Waals surface area contributed by atoms with E-state index in [1.165, 1.54) is 0 Å². The van der Waals surface area contributed by atoms with Crippen LogP contribution in [0.4, 0.5) is 0 Å². The van der Waals surface area contributed by atoms with Crippen LogP contribution in [0.25, 0.3) is 0 Å². The average Bonchev–Trinajstić information content (AvgIpc) is 2.38. The molecule has 0 fully saturated rings. The van der Waals surface area contributed by atoms with Crippen molar-refractivity contribution in [2.45, 2.75) is 25.7 Å². The van der Waals surface area contributed by atoms with Gasteiger partial charge in [-0.05, 0) is 18.6 Å². The number of hydrogen-bond donors (Lipinski definition) is 1. The number of unbranched alkanes of at least 4 members (excludes halogenated alkanes) is 3. The van der Waals surface area contributed by atoms with Crippen LogP contribution in [0.5, 0.6) is 0 Å². The van der Waals surface area contributed by atoms with Gasteiger partial charge < -0.3 is 5.32 Å². The first kappa shape index (κ1) is 13.4. The Morgan fingerprint density at radius 2 is 1.88 bits per heavy atom. The zero-order chi connectivity index (χ0) is 12.5. The predicted octanol–water partition coefficient (Wildman–Crippen LogP) is 2.27. The Hall–Kier alpha value is -1.64. The summed E-state index contributed by atoms with van der Waals surface area (Å²) in [5.74, 6) is -0.0999. The highest BCUT2D eigenvalue weighted by Gasteiger charge is 2.04. The lowest BCUT2D eigenvalue weighted by molar-refractivity contribution is 0.0953. The Morgan fingerprint density at radius 3 is 2.47 bits per heavy atom. The molecule has 0 unspecified atom stereocenters. The SMILES string of the molecule is [CH2]CCCCCNC(=O)c1ccc([C]=O)cc1. The Morgan fingerprint density at radius 1 is 1.18 bits per heavy atom. The van der Waals surface area contributed by atoms with Crippen molar-refractivity contribution < 1.29 is 9.59 Å². The summed E-state index contributed by atoms with van der Waals surface area (Å²) < 4.78 is 0. The van der Waals surface area contributed by atoms with Crippen LogP contribution in [0.3, 0.4) is 0 Å². The average molecular weight is 231 g/mol. The molecule has 1 rings (SSSR count). The first-order valence-electron chi connectivity index (χ1n) is 5.83. The molecule has 0 spiro atoms. The summed E-state index contributed by atoms with van der Waals surface area (Å²) >= 11 is 0.